The molecule has 0 amide bonds. The number of fused-ring (bicyclic) bond motifs is 1. The number of carboxylic acid groups (broad SMARTS) is 2. The number of aliphatic carboxylic acids is 1. The zero-order chi connectivity index (χ0) is 23.9. The number of hydrogen-bond acceptors (Lipinski definition) is 5. The van der Waals surface area contributed by atoms with Gasteiger partial charge in [0.1, 0.15) is 17.6 Å². The molecule has 174 valence electrons. The Morgan fingerprint density at radius 2 is 1.70 bits per heavy atom. The minimum Gasteiger partial charge on any atom is -0.480 e. The molecule has 2 aromatic heterocycles. The summed E-state index contributed by atoms with van der Waals surface area (Å²) in [7, 11) is 1.59. The lowest BCUT2D eigenvalue weighted by Gasteiger charge is -2.38. The number of halogens is 3. The van der Waals surface area contributed by atoms with Crippen LogP contribution in [0.3, 0.4) is 0 Å². The summed E-state index contributed by atoms with van der Waals surface area (Å²) in [4.78, 5) is 31.7. The largest absolute Gasteiger partial charge is 0.480 e. The number of aromatic carboxylic acids is 1. The van der Waals surface area contributed by atoms with E-state index in [4.69, 9.17) is 0 Å². The molecule has 1 aromatic carbocycles. The highest BCUT2D eigenvalue weighted by Gasteiger charge is 2.37. The molecule has 1 aliphatic rings. The van der Waals surface area contributed by atoms with Gasteiger partial charge in [0, 0.05) is 55.9 Å². The lowest BCUT2D eigenvalue weighted by atomic mass is 10.00. The summed E-state index contributed by atoms with van der Waals surface area (Å²) in [6, 6.07) is 7.98. The Morgan fingerprint density at radius 3 is 2.24 bits per heavy atom. The number of alkyl halides is 3. The van der Waals surface area contributed by atoms with Crippen molar-refractivity contribution >= 4 is 28.7 Å². The molecule has 3 aromatic rings. The van der Waals surface area contributed by atoms with E-state index < -0.39 is 29.7 Å². The number of anilines is 1. The van der Waals surface area contributed by atoms with Crippen LogP contribution in [0.2, 0.25) is 0 Å². The van der Waals surface area contributed by atoms with Gasteiger partial charge in [-0.1, -0.05) is 18.2 Å². The van der Waals surface area contributed by atoms with Crippen molar-refractivity contribution in [2.45, 2.75) is 12.2 Å². The van der Waals surface area contributed by atoms with Crippen molar-refractivity contribution in [2.24, 2.45) is 7.05 Å². The van der Waals surface area contributed by atoms with Crippen molar-refractivity contribution < 1.29 is 33.0 Å². The summed E-state index contributed by atoms with van der Waals surface area (Å²) in [6.07, 6.45) is -3.70. The summed E-state index contributed by atoms with van der Waals surface area (Å²) in [5, 5.41) is 20.4. The van der Waals surface area contributed by atoms with E-state index in [-0.39, 0.29) is 24.3 Å². The molecule has 1 saturated heterocycles. The molecular formula is C22H21F3N4O4. The SMILES string of the molecule is Cn1c(C(=O)O)c([C@@H](C(=O)O)N2CCN(c3ccc(C(F)(F)F)cn3)CC2)c2ccccc21. The van der Waals surface area contributed by atoms with Crippen LogP contribution in [0.5, 0.6) is 0 Å². The summed E-state index contributed by atoms with van der Waals surface area (Å²) in [6.45, 7) is 1.19. The Labute approximate surface area is 186 Å². The highest BCUT2D eigenvalue weighted by Crippen LogP contribution is 2.35. The maximum atomic E-state index is 12.8. The van der Waals surface area contributed by atoms with E-state index in [0.29, 0.717) is 29.8 Å². The van der Waals surface area contributed by atoms with Crippen molar-refractivity contribution in [1.29, 1.82) is 0 Å². The van der Waals surface area contributed by atoms with Gasteiger partial charge in [0.2, 0.25) is 0 Å². The van der Waals surface area contributed by atoms with Gasteiger partial charge in [-0.25, -0.2) is 9.78 Å². The summed E-state index contributed by atoms with van der Waals surface area (Å²) >= 11 is 0. The van der Waals surface area contributed by atoms with Gasteiger partial charge < -0.3 is 19.7 Å². The van der Waals surface area contributed by atoms with Crippen LogP contribution in [-0.2, 0) is 18.0 Å². The van der Waals surface area contributed by atoms with E-state index in [0.717, 1.165) is 12.3 Å². The van der Waals surface area contributed by atoms with Crippen LogP contribution in [0.15, 0.2) is 42.6 Å². The van der Waals surface area contributed by atoms with Gasteiger partial charge in [0.25, 0.3) is 0 Å². The van der Waals surface area contributed by atoms with Crippen molar-refractivity contribution in [3.05, 3.63) is 59.4 Å². The maximum Gasteiger partial charge on any atom is 0.417 e. The number of piperazine rings is 1. The monoisotopic (exact) mass is 462 g/mol. The number of rotatable bonds is 5. The lowest BCUT2D eigenvalue weighted by Crippen LogP contribution is -2.49. The molecule has 0 bridgehead atoms. The molecule has 33 heavy (non-hydrogen) atoms. The first-order chi connectivity index (χ1) is 15.6. The summed E-state index contributed by atoms with van der Waals surface area (Å²) in [5.74, 6) is -2.02. The van der Waals surface area contributed by atoms with Gasteiger partial charge in [-0.05, 0) is 18.2 Å². The molecule has 3 heterocycles. The normalized spacial score (nSPS) is 16.2. The molecule has 0 saturated carbocycles. The Balaban J connectivity index is 1.61. The predicted octanol–water partition coefficient (Wildman–Crippen LogP) is 3.24. The first kappa shape index (κ1) is 22.6. The molecule has 0 spiro atoms. The van der Waals surface area contributed by atoms with Crippen LogP contribution in [0.25, 0.3) is 10.9 Å². The third kappa shape index (κ3) is 4.11. The number of aromatic nitrogens is 2. The fourth-order valence-corrected chi connectivity index (χ4v) is 4.37. The Kier molecular flexibility index (Phi) is 5.75. The van der Waals surface area contributed by atoms with Crippen LogP contribution >= 0.6 is 0 Å². The Morgan fingerprint density at radius 1 is 1.03 bits per heavy atom. The first-order valence-electron chi connectivity index (χ1n) is 10.1. The Bertz CT molecular complexity index is 1200. The maximum absolute atomic E-state index is 12.8. The molecule has 0 unspecified atom stereocenters. The highest BCUT2D eigenvalue weighted by atomic mass is 19.4. The average Bonchev–Trinajstić information content (AvgIpc) is 3.06. The summed E-state index contributed by atoms with van der Waals surface area (Å²) in [5.41, 5.74) is -0.0960. The fourth-order valence-electron chi connectivity index (χ4n) is 4.37. The molecule has 4 rings (SSSR count). The van der Waals surface area contributed by atoms with Gasteiger partial charge in [0.05, 0.1) is 5.56 Å². The van der Waals surface area contributed by atoms with Crippen molar-refractivity contribution in [3.8, 4) is 0 Å². The number of carboxylic acids is 2. The lowest BCUT2D eigenvalue weighted by molar-refractivity contribution is -0.143. The average molecular weight is 462 g/mol. The third-order valence-corrected chi connectivity index (χ3v) is 5.93. The van der Waals surface area contributed by atoms with Crippen molar-refractivity contribution in [3.63, 3.8) is 0 Å². The van der Waals surface area contributed by atoms with Crippen LogP contribution < -0.4 is 4.90 Å². The number of benzene rings is 1. The topological polar surface area (TPSA) is 98.9 Å². The number of hydrogen-bond donors (Lipinski definition) is 2. The number of para-hydroxylation sites is 1. The number of pyridine rings is 1. The zero-order valence-electron chi connectivity index (χ0n) is 17.6. The van der Waals surface area contributed by atoms with E-state index in [1.165, 1.54) is 10.6 Å². The minimum absolute atomic E-state index is 0.0876. The van der Waals surface area contributed by atoms with E-state index >= 15 is 0 Å². The molecular weight excluding hydrogens is 441 g/mol. The molecule has 0 aliphatic carbocycles. The Hall–Kier alpha value is -3.60. The van der Waals surface area contributed by atoms with E-state index in [1.54, 1.807) is 41.1 Å². The number of carbonyl (C=O) groups is 2. The van der Waals surface area contributed by atoms with Gasteiger partial charge in [-0.3, -0.25) is 9.69 Å². The van der Waals surface area contributed by atoms with Crippen LogP contribution in [0.1, 0.15) is 27.7 Å². The molecule has 0 radical (unpaired) electrons. The molecule has 8 nitrogen and oxygen atoms in total. The smallest absolute Gasteiger partial charge is 0.417 e. The quantitative estimate of drug-likeness (QED) is 0.601. The van der Waals surface area contributed by atoms with Crippen LogP contribution in [-0.4, -0.2) is 62.8 Å². The fraction of sp³-hybridized carbons (Fsp3) is 0.318. The third-order valence-electron chi connectivity index (χ3n) is 5.93. The standard InChI is InChI=1S/C22H21F3N4O4/c1-27-15-5-3-2-4-14(15)17(18(27)20(30)31)19(21(32)33)29-10-8-28(9-11-29)16-7-6-13(12-26-16)22(23,24)25/h2-7,12,19H,8-11H2,1H3,(H,30,31)(H,32,33)/t19-/m0/s1. The second-order valence-corrected chi connectivity index (χ2v) is 7.81. The number of nitrogens with zero attached hydrogens (tertiary/aromatic N) is 4. The van der Waals surface area contributed by atoms with E-state index in [1.807, 2.05) is 0 Å². The molecule has 1 aliphatic heterocycles. The molecule has 2 N–H and O–H groups in total. The van der Waals surface area contributed by atoms with Crippen LogP contribution in [0.4, 0.5) is 19.0 Å². The van der Waals surface area contributed by atoms with Gasteiger partial charge >= 0.3 is 18.1 Å². The van der Waals surface area contributed by atoms with Gasteiger partial charge in [0.15, 0.2) is 0 Å². The molecule has 11 heteroatoms. The van der Waals surface area contributed by atoms with E-state index in [2.05, 4.69) is 4.98 Å². The second kappa shape index (κ2) is 8.39. The second-order valence-electron chi connectivity index (χ2n) is 7.81. The van der Waals surface area contributed by atoms with E-state index in [9.17, 15) is 33.0 Å². The zero-order valence-corrected chi connectivity index (χ0v) is 17.6. The molecule has 1 atom stereocenters. The summed E-state index contributed by atoms with van der Waals surface area (Å²) < 4.78 is 39.8. The first-order valence-corrected chi connectivity index (χ1v) is 10.1. The van der Waals surface area contributed by atoms with Gasteiger partial charge in [-0.2, -0.15) is 13.2 Å². The van der Waals surface area contributed by atoms with Crippen LogP contribution in [0, 0.1) is 0 Å². The highest BCUT2D eigenvalue weighted by molar-refractivity contribution is 6.01. The van der Waals surface area contributed by atoms with Gasteiger partial charge in [-0.15, -0.1) is 0 Å². The minimum atomic E-state index is -4.47. The van der Waals surface area contributed by atoms with Crippen molar-refractivity contribution in [2.75, 3.05) is 31.1 Å². The predicted molar refractivity (Wildman–Crippen MR) is 113 cm³/mol. The number of aryl methyl sites for hydroxylation is 1. The molecule has 1 fully saturated rings. The van der Waals surface area contributed by atoms with Crippen molar-refractivity contribution in [1.82, 2.24) is 14.5 Å².